The minimum Gasteiger partial charge on any atom is -0.480 e. The molecule has 1 fully saturated rings. The molecule has 1 aromatic carbocycles. The summed E-state index contributed by atoms with van der Waals surface area (Å²) in [5.74, 6) is -0.793. The van der Waals surface area contributed by atoms with Crippen LogP contribution in [0.25, 0.3) is 10.2 Å². The van der Waals surface area contributed by atoms with Gasteiger partial charge in [-0.3, -0.25) is 4.79 Å². The number of rotatable bonds is 4. The summed E-state index contributed by atoms with van der Waals surface area (Å²) in [6.45, 7) is 0.538. The van der Waals surface area contributed by atoms with Crippen molar-refractivity contribution in [3.63, 3.8) is 0 Å². The quantitative estimate of drug-likeness (QED) is 0.876. The molecule has 0 aliphatic carbocycles. The van der Waals surface area contributed by atoms with E-state index in [4.69, 9.17) is 5.11 Å². The van der Waals surface area contributed by atoms with E-state index in [9.17, 15) is 9.59 Å². The van der Waals surface area contributed by atoms with Crippen molar-refractivity contribution in [1.82, 2.24) is 9.88 Å². The van der Waals surface area contributed by atoms with Gasteiger partial charge in [0, 0.05) is 6.54 Å². The van der Waals surface area contributed by atoms with Gasteiger partial charge in [-0.1, -0.05) is 23.9 Å². The number of amides is 1. The molecule has 1 atom stereocenters. The summed E-state index contributed by atoms with van der Waals surface area (Å²) in [5.41, 5.74) is 0.932. The van der Waals surface area contributed by atoms with Gasteiger partial charge in [0.1, 0.15) is 6.04 Å². The van der Waals surface area contributed by atoms with Crippen LogP contribution in [0.4, 0.5) is 0 Å². The largest absolute Gasteiger partial charge is 0.480 e. The number of likely N-dealkylation sites (tertiary alicyclic amines) is 1. The summed E-state index contributed by atoms with van der Waals surface area (Å²) in [5, 5.41) is 9.10. The number of fused-ring (bicyclic) bond motifs is 1. The normalized spacial score (nSPS) is 18.3. The highest BCUT2D eigenvalue weighted by atomic mass is 32.2. The maximum absolute atomic E-state index is 12.2. The first kappa shape index (κ1) is 14.3. The number of carbonyl (C=O) groups excluding carboxylic acids is 1. The third-order valence-corrected chi connectivity index (χ3v) is 5.62. The fraction of sp³-hybridized carbons (Fsp3) is 0.357. The van der Waals surface area contributed by atoms with Crippen molar-refractivity contribution in [1.29, 1.82) is 0 Å². The van der Waals surface area contributed by atoms with Gasteiger partial charge in [-0.05, 0) is 25.0 Å². The Morgan fingerprint density at radius 1 is 1.43 bits per heavy atom. The van der Waals surface area contributed by atoms with Crippen LogP contribution in [0.1, 0.15) is 12.8 Å². The Bertz CT molecular complexity index is 653. The first-order valence-corrected chi connectivity index (χ1v) is 8.46. The number of carboxylic acids is 1. The van der Waals surface area contributed by atoms with Crippen LogP contribution in [0.2, 0.25) is 0 Å². The summed E-state index contributed by atoms with van der Waals surface area (Å²) in [7, 11) is 0. The number of nitrogens with zero attached hydrogens (tertiary/aromatic N) is 2. The Morgan fingerprint density at radius 2 is 2.24 bits per heavy atom. The minimum atomic E-state index is -0.911. The van der Waals surface area contributed by atoms with Gasteiger partial charge in [0.15, 0.2) is 4.34 Å². The number of benzene rings is 1. The lowest BCUT2D eigenvalue weighted by Crippen LogP contribution is -2.41. The van der Waals surface area contributed by atoms with Crippen molar-refractivity contribution in [2.24, 2.45) is 0 Å². The van der Waals surface area contributed by atoms with Crippen molar-refractivity contribution in [2.45, 2.75) is 23.2 Å². The van der Waals surface area contributed by atoms with Crippen LogP contribution in [0.5, 0.6) is 0 Å². The van der Waals surface area contributed by atoms with Crippen LogP contribution in [0.15, 0.2) is 28.6 Å². The minimum absolute atomic E-state index is 0.121. The molecule has 1 saturated heterocycles. The molecule has 1 aliphatic rings. The molecular formula is C14H14N2O3S2. The number of thiazole rings is 1. The van der Waals surface area contributed by atoms with Crippen LogP contribution >= 0.6 is 23.1 Å². The van der Waals surface area contributed by atoms with Gasteiger partial charge in [0.25, 0.3) is 0 Å². The second-order valence-electron chi connectivity index (χ2n) is 4.82. The Hall–Kier alpha value is -1.60. The molecule has 2 aromatic rings. The third kappa shape index (κ3) is 3.03. The maximum atomic E-state index is 12.2. The Balaban J connectivity index is 1.64. The highest BCUT2D eigenvalue weighted by Crippen LogP contribution is 2.30. The van der Waals surface area contributed by atoms with E-state index in [1.807, 2.05) is 24.3 Å². The summed E-state index contributed by atoms with van der Waals surface area (Å²) >= 11 is 2.93. The van der Waals surface area contributed by atoms with Crippen molar-refractivity contribution in [3.05, 3.63) is 24.3 Å². The van der Waals surface area contributed by atoms with Gasteiger partial charge in [-0.15, -0.1) is 11.3 Å². The Labute approximate surface area is 130 Å². The van der Waals surface area contributed by atoms with E-state index < -0.39 is 12.0 Å². The molecule has 2 heterocycles. The lowest BCUT2D eigenvalue weighted by molar-refractivity contribution is -0.147. The van der Waals surface area contributed by atoms with Crippen LogP contribution in [0.3, 0.4) is 0 Å². The van der Waals surface area contributed by atoms with Gasteiger partial charge in [-0.25, -0.2) is 9.78 Å². The fourth-order valence-electron chi connectivity index (χ4n) is 2.44. The van der Waals surface area contributed by atoms with Gasteiger partial charge in [0.05, 0.1) is 16.0 Å². The lowest BCUT2D eigenvalue weighted by atomic mass is 10.2. The Kier molecular flexibility index (Phi) is 4.12. The highest BCUT2D eigenvalue weighted by Gasteiger charge is 2.33. The SMILES string of the molecule is O=C(O)C1CCCN1C(=O)CSc1nc2ccccc2s1. The molecule has 1 N–H and O–H groups in total. The van der Waals surface area contributed by atoms with Crippen molar-refractivity contribution in [3.8, 4) is 0 Å². The molecule has 0 spiro atoms. The van der Waals surface area contributed by atoms with E-state index in [1.165, 1.54) is 16.7 Å². The lowest BCUT2D eigenvalue weighted by Gasteiger charge is -2.20. The Morgan fingerprint density at radius 3 is 3.00 bits per heavy atom. The van der Waals surface area contributed by atoms with E-state index in [0.29, 0.717) is 13.0 Å². The molecule has 0 bridgehead atoms. The number of hydrogen-bond acceptors (Lipinski definition) is 5. The predicted molar refractivity (Wildman–Crippen MR) is 82.7 cm³/mol. The van der Waals surface area contributed by atoms with Crippen molar-refractivity contribution < 1.29 is 14.7 Å². The van der Waals surface area contributed by atoms with Gasteiger partial charge in [-0.2, -0.15) is 0 Å². The number of aromatic nitrogens is 1. The molecule has 1 aromatic heterocycles. The van der Waals surface area contributed by atoms with Gasteiger partial charge in [0.2, 0.25) is 5.91 Å². The first-order valence-electron chi connectivity index (χ1n) is 6.66. The predicted octanol–water partition coefficient (Wildman–Crippen LogP) is 2.46. The number of thioether (sulfide) groups is 1. The molecule has 21 heavy (non-hydrogen) atoms. The zero-order valence-electron chi connectivity index (χ0n) is 11.2. The standard InChI is InChI=1S/C14H14N2O3S2/c17-12(16-7-3-5-10(16)13(18)19)8-20-14-15-9-4-1-2-6-11(9)21-14/h1-2,4,6,10H,3,5,7-8H2,(H,18,19). The molecule has 1 unspecified atom stereocenters. The average molecular weight is 322 g/mol. The number of carbonyl (C=O) groups is 2. The first-order chi connectivity index (χ1) is 10.1. The summed E-state index contributed by atoms with van der Waals surface area (Å²) < 4.78 is 1.94. The smallest absolute Gasteiger partial charge is 0.326 e. The van der Waals surface area contributed by atoms with Crippen LogP contribution < -0.4 is 0 Å². The second kappa shape index (κ2) is 6.03. The maximum Gasteiger partial charge on any atom is 0.326 e. The second-order valence-corrected chi connectivity index (χ2v) is 7.07. The number of aliphatic carboxylic acids is 1. The molecular weight excluding hydrogens is 308 g/mol. The van der Waals surface area contributed by atoms with Crippen LogP contribution in [-0.2, 0) is 9.59 Å². The molecule has 1 amide bonds. The average Bonchev–Trinajstić information content (AvgIpc) is 3.10. The molecule has 0 saturated carbocycles. The van der Waals surface area contributed by atoms with Crippen molar-refractivity contribution >= 4 is 45.2 Å². The fourth-order valence-corrected chi connectivity index (χ4v) is 4.40. The molecule has 1 aliphatic heterocycles. The van der Waals surface area contributed by atoms with Crippen LogP contribution in [-0.4, -0.2) is 45.2 Å². The van der Waals surface area contributed by atoms with Gasteiger partial charge < -0.3 is 10.0 Å². The number of hydrogen-bond donors (Lipinski definition) is 1. The van der Waals surface area contributed by atoms with E-state index in [-0.39, 0.29) is 11.7 Å². The molecule has 110 valence electrons. The van der Waals surface area contributed by atoms with Gasteiger partial charge >= 0.3 is 5.97 Å². The third-order valence-electron chi connectivity index (χ3n) is 3.45. The number of para-hydroxylation sites is 1. The van der Waals surface area contributed by atoms with Crippen molar-refractivity contribution in [2.75, 3.05) is 12.3 Å². The van der Waals surface area contributed by atoms with E-state index >= 15 is 0 Å². The molecule has 7 heteroatoms. The summed E-state index contributed by atoms with van der Waals surface area (Å²) in [6, 6.07) is 7.18. The van der Waals surface area contributed by atoms with E-state index in [0.717, 1.165) is 21.0 Å². The topological polar surface area (TPSA) is 70.5 Å². The summed E-state index contributed by atoms with van der Waals surface area (Å²) in [6.07, 6.45) is 1.31. The molecule has 5 nitrogen and oxygen atoms in total. The zero-order valence-corrected chi connectivity index (χ0v) is 12.8. The zero-order chi connectivity index (χ0) is 14.8. The number of carboxylic acid groups (broad SMARTS) is 1. The summed E-state index contributed by atoms with van der Waals surface area (Å²) in [4.78, 5) is 29.2. The van der Waals surface area contributed by atoms with E-state index in [1.54, 1.807) is 11.3 Å². The van der Waals surface area contributed by atoms with E-state index in [2.05, 4.69) is 4.98 Å². The molecule has 3 rings (SSSR count). The molecule has 0 radical (unpaired) electrons. The monoisotopic (exact) mass is 322 g/mol. The van der Waals surface area contributed by atoms with Crippen LogP contribution in [0, 0.1) is 0 Å². The highest BCUT2D eigenvalue weighted by molar-refractivity contribution is 8.01.